The van der Waals surface area contributed by atoms with Crippen LogP contribution in [0.15, 0.2) is 26.2 Å². The Morgan fingerprint density at radius 2 is 1.73 bits per heavy atom. The maximum Gasteiger partial charge on any atom is 0.342 e. The summed E-state index contributed by atoms with van der Waals surface area (Å²) in [5.41, 5.74) is -0.361. The molecule has 3 rings (SSSR count). The zero-order chi connectivity index (χ0) is 22.2. The van der Waals surface area contributed by atoms with E-state index < -0.39 is 21.9 Å². The molecule has 1 aliphatic rings. The van der Waals surface area contributed by atoms with Gasteiger partial charge in [0, 0.05) is 39.3 Å². The fourth-order valence-corrected chi connectivity index (χ4v) is 5.14. The van der Waals surface area contributed by atoms with E-state index in [2.05, 4.69) is 5.10 Å². The number of aromatic nitrogens is 2. The zero-order valence-electron chi connectivity index (χ0n) is 17.0. The van der Waals surface area contributed by atoms with E-state index >= 15 is 0 Å². The van der Waals surface area contributed by atoms with E-state index in [9.17, 15) is 22.8 Å². The minimum Gasteiger partial charge on any atom is -0.465 e. The summed E-state index contributed by atoms with van der Waals surface area (Å²) in [5.74, 6) is -0.931. The lowest BCUT2D eigenvalue weighted by Gasteiger charge is -2.33. The van der Waals surface area contributed by atoms with Gasteiger partial charge in [-0.2, -0.15) is 9.40 Å². The maximum atomic E-state index is 13.2. The summed E-state index contributed by atoms with van der Waals surface area (Å²) in [6, 6.07) is 2.59. The van der Waals surface area contributed by atoms with Gasteiger partial charge in [0.05, 0.1) is 7.11 Å². The molecule has 1 saturated heterocycles. The van der Waals surface area contributed by atoms with Gasteiger partial charge in [-0.3, -0.25) is 9.59 Å². The van der Waals surface area contributed by atoms with Crippen molar-refractivity contribution in [1.29, 1.82) is 0 Å². The first-order valence-electron chi connectivity index (χ1n) is 9.10. The standard InChI is InChI=1S/C18H22N4O7S/c1-11-15(18(25)28-4)16(12(2)29-11)30(26,27)22-9-7-21(8-10-22)17(24)13-5-6-14(23)20(3)19-13/h5-6H,7-10H2,1-4H3. The molecule has 1 aliphatic heterocycles. The van der Waals surface area contributed by atoms with Crippen molar-refractivity contribution in [2.75, 3.05) is 33.3 Å². The number of aryl methyl sites for hydroxylation is 3. The summed E-state index contributed by atoms with van der Waals surface area (Å²) >= 11 is 0. The number of piperazine rings is 1. The normalized spacial score (nSPS) is 15.3. The van der Waals surface area contributed by atoms with Gasteiger partial charge < -0.3 is 14.1 Å². The third-order valence-electron chi connectivity index (χ3n) is 4.90. The van der Waals surface area contributed by atoms with Crippen LogP contribution in [0.4, 0.5) is 0 Å². The van der Waals surface area contributed by atoms with Crippen molar-refractivity contribution in [3.05, 3.63) is 45.3 Å². The van der Waals surface area contributed by atoms with Crippen LogP contribution in [-0.2, 0) is 21.8 Å². The molecule has 12 heteroatoms. The predicted octanol–water partition coefficient (Wildman–Crippen LogP) is -0.0766. The molecule has 30 heavy (non-hydrogen) atoms. The van der Waals surface area contributed by atoms with E-state index in [1.807, 2.05) is 0 Å². The zero-order valence-corrected chi connectivity index (χ0v) is 17.9. The molecular formula is C18H22N4O7S. The molecule has 0 bridgehead atoms. The maximum absolute atomic E-state index is 13.2. The Hall–Kier alpha value is -2.99. The van der Waals surface area contributed by atoms with E-state index in [-0.39, 0.29) is 59.4 Å². The molecular weight excluding hydrogens is 416 g/mol. The van der Waals surface area contributed by atoms with Crippen LogP contribution in [0.5, 0.6) is 0 Å². The second kappa shape index (κ2) is 8.03. The van der Waals surface area contributed by atoms with Gasteiger partial charge in [-0.1, -0.05) is 0 Å². The minimum absolute atomic E-state index is 0.0319. The molecule has 1 amide bonds. The molecule has 1 fully saturated rings. The summed E-state index contributed by atoms with van der Waals surface area (Å²) in [6.07, 6.45) is 0. The molecule has 162 valence electrons. The van der Waals surface area contributed by atoms with E-state index in [0.717, 1.165) is 11.8 Å². The Kier molecular flexibility index (Phi) is 5.81. The highest BCUT2D eigenvalue weighted by Crippen LogP contribution is 2.30. The van der Waals surface area contributed by atoms with Crippen LogP contribution in [0.3, 0.4) is 0 Å². The van der Waals surface area contributed by atoms with Gasteiger partial charge in [-0.25, -0.2) is 17.9 Å². The monoisotopic (exact) mass is 438 g/mol. The number of carbonyl (C=O) groups is 2. The molecule has 0 atom stereocenters. The SMILES string of the molecule is COC(=O)c1c(C)oc(C)c1S(=O)(=O)N1CCN(C(=O)c2ccc(=O)n(C)n2)CC1. The third-order valence-corrected chi connectivity index (χ3v) is 6.95. The molecule has 0 saturated carbocycles. The summed E-state index contributed by atoms with van der Waals surface area (Å²) in [7, 11) is -1.44. The van der Waals surface area contributed by atoms with Crippen LogP contribution in [0.1, 0.15) is 32.4 Å². The van der Waals surface area contributed by atoms with Crippen LogP contribution < -0.4 is 5.56 Å². The van der Waals surface area contributed by atoms with Crippen molar-refractivity contribution in [2.45, 2.75) is 18.7 Å². The Labute approximate surface area is 172 Å². The van der Waals surface area contributed by atoms with Crippen LogP contribution in [-0.4, -0.2) is 72.6 Å². The first kappa shape index (κ1) is 21.7. The van der Waals surface area contributed by atoms with Crippen LogP contribution in [0, 0.1) is 13.8 Å². The van der Waals surface area contributed by atoms with Gasteiger partial charge in [0.25, 0.3) is 11.5 Å². The van der Waals surface area contributed by atoms with E-state index in [4.69, 9.17) is 9.15 Å². The molecule has 0 aromatic carbocycles. The Morgan fingerprint density at radius 3 is 2.30 bits per heavy atom. The number of carbonyl (C=O) groups excluding carboxylic acids is 2. The molecule has 0 N–H and O–H groups in total. The number of rotatable bonds is 4. The van der Waals surface area contributed by atoms with Crippen molar-refractivity contribution < 1.29 is 27.2 Å². The lowest BCUT2D eigenvalue weighted by molar-refractivity contribution is 0.0594. The lowest BCUT2D eigenvalue weighted by atomic mass is 10.2. The summed E-state index contributed by atoms with van der Waals surface area (Å²) in [6.45, 7) is 3.29. The van der Waals surface area contributed by atoms with E-state index in [0.29, 0.717) is 0 Å². The molecule has 11 nitrogen and oxygen atoms in total. The quantitative estimate of drug-likeness (QED) is 0.606. The molecule has 0 radical (unpaired) electrons. The van der Waals surface area contributed by atoms with E-state index in [1.54, 1.807) is 0 Å². The molecule has 0 spiro atoms. The van der Waals surface area contributed by atoms with Crippen molar-refractivity contribution in [1.82, 2.24) is 19.0 Å². The average molecular weight is 438 g/mol. The molecule has 2 aromatic rings. The number of hydrogen-bond acceptors (Lipinski definition) is 8. The number of nitrogens with zero attached hydrogens (tertiary/aromatic N) is 4. The number of ether oxygens (including phenoxy) is 1. The molecule has 2 aromatic heterocycles. The highest BCUT2D eigenvalue weighted by atomic mass is 32.2. The third kappa shape index (κ3) is 3.75. The first-order valence-corrected chi connectivity index (χ1v) is 10.5. The molecule has 0 unspecified atom stereocenters. The number of furan rings is 1. The highest BCUT2D eigenvalue weighted by molar-refractivity contribution is 7.89. The average Bonchev–Trinajstić information content (AvgIpc) is 3.03. The van der Waals surface area contributed by atoms with E-state index in [1.165, 1.54) is 42.2 Å². The number of hydrogen-bond donors (Lipinski definition) is 0. The molecule has 0 aliphatic carbocycles. The smallest absolute Gasteiger partial charge is 0.342 e. The molecule has 3 heterocycles. The largest absolute Gasteiger partial charge is 0.465 e. The van der Waals surface area contributed by atoms with Gasteiger partial charge in [0.15, 0.2) is 0 Å². The van der Waals surface area contributed by atoms with Crippen molar-refractivity contribution in [3.8, 4) is 0 Å². The fraction of sp³-hybridized carbons (Fsp3) is 0.444. The van der Waals surface area contributed by atoms with Crippen molar-refractivity contribution >= 4 is 21.9 Å². The fourth-order valence-electron chi connectivity index (χ4n) is 3.35. The predicted molar refractivity (Wildman–Crippen MR) is 104 cm³/mol. The Morgan fingerprint density at radius 1 is 1.10 bits per heavy atom. The number of methoxy groups -OCH3 is 1. The Bertz CT molecular complexity index is 1160. The first-order chi connectivity index (χ1) is 14.1. The Balaban J connectivity index is 1.81. The van der Waals surface area contributed by atoms with Gasteiger partial charge in [-0.05, 0) is 19.9 Å². The minimum atomic E-state index is -4.04. The lowest BCUT2D eigenvalue weighted by Crippen LogP contribution is -2.51. The van der Waals surface area contributed by atoms with Crippen molar-refractivity contribution in [2.24, 2.45) is 7.05 Å². The highest BCUT2D eigenvalue weighted by Gasteiger charge is 2.37. The number of amides is 1. The summed E-state index contributed by atoms with van der Waals surface area (Å²) < 4.78 is 38.7. The van der Waals surface area contributed by atoms with Gasteiger partial charge in [-0.15, -0.1) is 0 Å². The van der Waals surface area contributed by atoms with Gasteiger partial charge >= 0.3 is 5.97 Å². The number of esters is 1. The van der Waals surface area contributed by atoms with Crippen LogP contribution in [0.2, 0.25) is 0 Å². The number of sulfonamides is 1. The summed E-state index contributed by atoms with van der Waals surface area (Å²) in [4.78, 5) is 37.4. The topological polar surface area (TPSA) is 132 Å². The second-order valence-electron chi connectivity index (χ2n) is 6.79. The van der Waals surface area contributed by atoms with Crippen LogP contribution in [0.25, 0.3) is 0 Å². The van der Waals surface area contributed by atoms with Crippen molar-refractivity contribution in [3.63, 3.8) is 0 Å². The van der Waals surface area contributed by atoms with Gasteiger partial charge in [0.1, 0.15) is 27.7 Å². The van der Waals surface area contributed by atoms with Gasteiger partial charge in [0.2, 0.25) is 10.0 Å². The van der Waals surface area contributed by atoms with Crippen LogP contribution >= 0.6 is 0 Å². The second-order valence-corrected chi connectivity index (χ2v) is 8.66. The summed E-state index contributed by atoms with van der Waals surface area (Å²) in [5, 5.41) is 3.94.